The van der Waals surface area contributed by atoms with Gasteiger partial charge < -0.3 is 15.0 Å². The van der Waals surface area contributed by atoms with Crippen LogP contribution in [0.15, 0.2) is 76.3 Å². The number of anilines is 1. The molecule has 174 valence electrons. The Morgan fingerprint density at radius 3 is 2.65 bits per heavy atom. The number of methoxy groups -OCH3 is 1. The first-order chi connectivity index (χ1) is 16.3. The van der Waals surface area contributed by atoms with E-state index >= 15 is 0 Å². The van der Waals surface area contributed by atoms with Gasteiger partial charge in [0.25, 0.3) is 5.56 Å². The maximum atomic E-state index is 13.4. The van der Waals surface area contributed by atoms with Crippen LogP contribution in [0, 0.1) is 11.3 Å². The van der Waals surface area contributed by atoms with E-state index in [1.807, 2.05) is 54.6 Å². The van der Waals surface area contributed by atoms with Crippen molar-refractivity contribution in [2.24, 2.45) is 11.3 Å². The summed E-state index contributed by atoms with van der Waals surface area (Å²) in [6, 6.07) is 17.7. The number of carbonyl (C=O) groups is 1. The van der Waals surface area contributed by atoms with Gasteiger partial charge in [0, 0.05) is 23.8 Å². The molecule has 0 saturated carbocycles. The largest absolute Gasteiger partial charge is 0.497 e. The molecule has 2 unspecified atom stereocenters. The van der Waals surface area contributed by atoms with Gasteiger partial charge in [0.2, 0.25) is 0 Å². The third-order valence-corrected chi connectivity index (χ3v) is 7.31. The van der Waals surface area contributed by atoms with Gasteiger partial charge in [-0.1, -0.05) is 74.1 Å². The van der Waals surface area contributed by atoms with Crippen molar-refractivity contribution in [2.75, 3.05) is 12.4 Å². The van der Waals surface area contributed by atoms with Gasteiger partial charge in [0.1, 0.15) is 17.4 Å². The lowest BCUT2D eigenvalue weighted by Crippen LogP contribution is -2.41. The summed E-state index contributed by atoms with van der Waals surface area (Å²) in [4.78, 5) is 34.6. The maximum Gasteiger partial charge on any atom is 0.257 e. The molecule has 0 radical (unpaired) electrons. The summed E-state index contributed by atoms with van der Waals surface area (Å²) in [6.45, 7) is 4.11. The number of ether oxygens (including phenoxy) is 1. The van der Waals surface area contributed by atoms with Crippen LogP contribution in [0.2, 0.25) is 0 Å². The Kier molecular flexibility index (Phi) is 5.81. The molecule has 1 aliphatic carbocycles. The van der Waals surface area contributed by atoms with Crippen LogP contribution in [0.5, 0.6) is 5.75 Å². The molecule has 34 heavy (non-hydrogen) atoms. The smallest absolute Gasteiger partial charge is 0.257 e. The summed E-state index contributed by atoms with van der Waals surface area (Å²) in [6.07, 6.45) is 2.55. The Bertz CT molecular complexity index is 1330. The van der Waals surface area contributed by atoms with Gasteiger partial charge in [-0.15, -0.1) is 0 Å². The van der Waals surface area contributed by atoms with Crippen molar-refractivity contribution in [3.63, 3.8) is 0 Å². The number of benzene rings is 2. The van der Waals surface area contributed by atoms with Crippen LogP contribution in [-0.4, -0.2) is 22.9 Å². The molecule has 2 atom stereocenters. The molecule has 1 aromatic heterocycles. The van der Waals surface area contributed by atoms with E-state index < -0.39 is 11.8 Å². The highest BCUT2D eigenvalue weighted by Crippen LogP contribution is 2.48. The van der Waals surface area contributed by atoms with Crippen molar-refractivity contribution in [1.29, 1.82) is 0 Å². The van der Waals surface area contributed by atoms with Crippen LogP contribution in [0.3, 0.4) is 0 Å². The van der Waals surface area contributed by atoms with Crippen molar-refractivity contribution < 1.29 is 9.53 Å². The number of fused-ring (bicyclic) bond motifs is 2. The number of carbonyl (C=O) groups excluding carboxylic acids is 1. The van der Waals surface area contributed by atoms with Gasteiger partial charge in [-0.25, -0.2) is 4.98 Å². The van der Waals surface area contributed by atoms with E-state index in [1.165, 1.54) is 11.8 Å². The molecule has 7 heteroatoms. The van der Waals surface area contributed by atoms with Crippen molar-refractivity contribution in [3.05, 3.63) is 93.4 Å². The van der Waals surface area contributed by atoms with Gasteiger partial charge in [0.15, 0.2) is 5.16 Å². The fraction of sp³-hybridized carbons (Fsp3) is 0.296. The summed E-state index contributed by atoms with van der Waals surface area (Å²) in [7, 11) is 1.61. The minimum Gasteiger partial charge on any atom is -0.497 e. The zero-order valence-corrected chi connectivity index (χ0v) is 20.2. The number of thioether (sulfide) groups is 1. The van der Waals surface area contributed by atoms with Gasteiger partial charge >= 0.3 is 0 Å². The fourth-order valence-corrected chi connectivity index (χ4v) is 5.73. The fourth-order valence-electron chi connectivity index (χ4n) is 4.91. The van der Waals surface area contributed by atoms with Crippen LogP contribution in [0.1, 0.15) is 42.9 Å². The number of aromatic nitrogens is 2. The second-order valence-corrected chi connectivity index (χ2v) is 10.5. The third-order valence-electron chi connectivity index (χ3n) is 6.37. The number of hydrogen-bond donors (Lipinski definition) is 2. The standard InChI is InChI=1S/C27H27N3O3S/c1-27(2)13-19-22(20(31)14-27)21(17-10-7-11-18(12-17)33-3)23-24(28-19)29-26(30-25(23)32)34-15-16-8-5-4-6-9-16/h4-13,21-22H,14-15H2,1-3H3,(H2,28,29,30,32). The quantitative estimate of drug-likeness (QED) is 0.395. The summed E-state index contributed by atoms with van der Waals surface area (Å²) in [5, 5.41) is 3.90. The number of aromatic amines is 1. The first-order valence-corrected chi connectivity index (χ1v) is 12.3. The average Bonchev–Trinajstić information content (AvgIpc) is 2.81. The zero-order chi connectivity index (χ0) is 23.9. The highest BCUT2D eigenvalue weighted by Gasteiger charge is 2.45. The van der Waals surface area contributed by atoms with E-state index in [0.29, 0.717) is 34.5 Å². The Balaban J connectivity index is 1.61. The number of rotatable bonds is 5. The van der Waals surface area contributed by atoms with Gasteiger partial charge in [-0.2, -0.15) is 0 Å². The number of nitrogens with zero attached hydrogens (tertiary/aromatic N) is 1. The molecule has 6 nitrogen and oxygen atoms in total. The van der Waals surface area contributed by atoms with E-state index in [-0.39, 0.29) is 16.8 Å². The predicted octanol–water partition coefficient (Wildman–Crippen LogP) is 5.13. The number of nitrogens with one attached hydrogen (secondary N) is 2. The number of allylic oxidation sites excluding steroid dienone is 2. The molecule has 3 aromatic rings. The number of hydrogen-bond acceptors (Lipinski definition) is 6. The SMILES string of the molecule is COc1cccc(C2c3c(nc(SCc4ccccc4)[nH]c3=O)NC3=CC(C)(C)CC(=O)C32)c1. The second kappa shape index (κ2) is 8.80. The average molecular weight is 474 g/mol. The third kappa shape index (κ3) is 4.28. The Morgan fingerprint density at radius 1 is 1.09 bits per heavy atom. The van der Waals surface area contributed by atoms with Crippen molar-refractivity contribution >= 4 is 23.4 Å². The van der Waals surface area contributed by atoms with E-state index in [2.05, 4.69) is 30.2 Å². The summed E-state index contributed by atoms with van der Waals surface area (Å²) in [5.74, 6) is 1.12. The lowest BCUT2D eigenvalue weighted by molar-refractivity contribution is -0.124. The predicted molar refractivity (Wildman–Crippen MR) is 134 cm³/mol. The monoisotopic (exact) mass is 473 g/mol. The lowest BCUT2D eigenvalue weighted by atomic mass is 9.67. The van der Waals surface area contributed by atoms with E-state index in [0.717, 1.165) is 16.8 Å². The van der Waals surface area contributed by atoms with Gasteiger partial charge in [-0.3, -0.25) is 9.59 Å². The number of ketones is 1. The van der Waals surface area contributed by atoms with Crippen LogP contribution in [0.25, 0.3) is 0 Å². The molecule has 0 saturated heterocycles. The lowest BCUT2D eigenvalue weighted by Gasteiger charge is -2.40. The van der Waals surface area contributed by atoms with E-state index in [4.69, 9.17) is 9.72 Å². The molecule has 0 spiro atoms. The van der Waals surface area contributed by atoms with E-state index in [1.54, 1.807) is 7.11 Å². The normalized spacial score (nSPS) is 20.6. The van der Waals surface area contributed by atoms with Crippen LogP contribution < -0.4 is 15.6 Å². The van der Waals surface area contributed by atoms with Crippen molar-refractivity contribution in [2.45, 2.75) is 37.1 Å². The minimum absolute atomic E-state index is 0.121. The van der Waals surface area contributed by atoms with Gasteiger partial charge in [0.05, 0.1) is 18.6 Å². The van der Waals surface area contributed by atoms with Gasteiger partial charge in [-0.05, 0) is 28.7 Å². The molecule has 1 aliphatic heterocycles. The molecule has 5 rings (SSSR count). The zero-order valence-electron chi connectivity index (χ0n) is 19.4. The maximum absolute atomic E-state index is 13.4. The molecule has 2 aromatic carbocycles. The number of Topliss-reactive ketones (excluding diaryl/α,β-unsaturated/α-hetero) is 1. The molecular weight excluding hydrogens is 446 g/mol. The Morgan fingerprint density at radius 2 is 1.88 bits per heavy atom. The molecule has 0 bridgehead atoms. The van der Waals surface area contributed by atoms with Crippen LogP contribution in [-0.2, 0) is 10.5 Å². The molecule has 0 fully saturated rings. The summed E-state index contributed by atoms with van der Waals surface area (Å²) in [5.41, 5.74) is 2.84. The first-order valence-electron chi connectivity index (χ1n) is 11.3. The molecule has 2 N–H and O–H groups in total. The first kappa shape index (κ1) is 22.5. The molecular formula is C27H27N3O3S. The highest BCUT2D eigenvalue weighted by molar-refractivity contribution is 7.98. The topological polar surface area (TPSA) is 84.1 Å². The molecule has 2 aliphatic rings. The molecule has 0 amide bonds. The minimum atomic E-state index is -0.460. The Hall–Kier alpha value is -3.32. The highest BCUT2D eigenvalue weighted by atomic mass is 32.2. The summed E-state index contributed by atoms with van der Waals surface area (Å²) >= 11 is 1.48. The Labute approximate surface area is 202 Å². The van der Waals surface area contributed by atoms with Crippen molar-refractivity contribution in [1.82, 2.24) is 9.97 Å². The molecule has 2 heterocycles. The van der Waals surface area contributed by atoms with E-state index in [9.17, 15) is 9.59 Å². The van der Waals surface area contributed by atoms with Crippen LogP contribution in [0.4, 0.5) is 5.82 Å². The van der Waals surface area contributed by atoms with Crippen LogP contribution >= 0.6 is 11.8 Å². The van der Waals surface area contributed by atoms with Crippen molar-refractivity contribution in [3.8, 4) is 5.75 Å². The number of H-pyrrole nitrogens is 1. The second-order valence-electron chi connectivity index (χ2n) is 9.50. The summed E-state index contributed by atoms with van der Waals surface area (Å²) < 4.78 is 5.43.